The van der Waals surface area contributed by atoms with Crippen molar-refractivity contribution in [3.05, 3.63) is 56.2 Å². The third kappa shape index (κ3) is 5.66. The molecule has 0 atom stereocenters. The molecule has 0 saturated carbocycles. The smallest absolute Gasteiger partial charge is 0.345 e. The highest BCUT2D eigenvalue weighted by molar-refractivity contribution is 9.10. The molecule has 0 bridgehead atoms. The summed E-state index contributed by atoms with van der Waals surface area (Å²) >= 11 is 4.01. The molecule has 0 aliphatic heterocycles. The standard InChI is InChI=1S/C8H7BrO2.C6H4O4S/c9-7-4-2-1-3-6(7)5-8(10)11;7-5(8)3-1-2-4(11-3)6(9)10/h1-4H,5H2,(H,10,11);1-2H,(H,7,8)(H,9,10). The summed E-state index contributed by atoms with van der Waals surface area (Å²) in [5.41, 5.74) is 0.806. The number of rotatable bonds is 4. The number of halogens is 1. The van der Waals surface area contributed by atoms with Crippen molar-refractivity contribution in [2.75, 3.05) is 0 Å². The SMILES string of the molecule is O=C(O)Cc1ccccc1Br.O=C(O)c1ccc(C(=O)O)s1. The van der Waals surface area contributed by atoms with Crippen molar-refractivity contribution in [3.8, 4) is 0 Å². The van der Waals surface area contributed by atoms with Crippen LogP contribution in [0.3, 0.4) is 0 Å². The Morgan fingerprint density at radius 1 is 0.909 bits per heavy atom. The van der Waals surface area contributed by atoms with E-state index in [2.05, 4.69) is 15.9 Å². The van der Waals surface area contributed by atoms with Gasteiger partial charge in [0.05, 0.1) is 6.42 Å². The maximum atomic E-state index is 10.3. The molecule has 22 heavy (non-hydrogen) atoms. The Morgan fingerprint density at radius 2 is 1.41 bits per heavy atom. The number of hydrogen-bond acceptors (Lipinski definition) is 4. The summed E-state index contributed by atoms with van der Waals surface area (Å²) in [5, 5.41) is 25.3. The quantitative estimate of drug-likeness (QED) is 0.743. The Balaban J connectivity index is 0.000000220. The monoisotopic (exact) mass is 386 g/mol. The second kappa shape index (κ2) is 8.30. The highest BCUT2D eigenvalue weighted by atomic mass is 79.9. The normalized spacial score (nSPS) is 9.50. The van der Waals surface area contributed by atoms with Gasteiger partial charge in [-0.3, -0.25) is 4.79 Å². The van der Waals surface area contributed by atoms with Crippen molar-refractivity contribution in [1.29, 1.82) is 0 Å². The number of aliphatic carboxylic acids is 1. The zero-order valence-corrected chi connectivity index (χ0v) is 13.4. The number of carboxylic acid groups (broad SMARTS) is 3. The molecular formula is C14H11BrO6S. The van der Waals surface area contributed by atoms with Gasteiger partial charge in [-0.1, -0.05) is 34.1 Å². The largest absolute Gasteiger partial charge is 0.481 e. The van der Waals surface area contributed by atoms with Crippen molar-refractivity contribution >= 4 is 45.2 Å². The topological polar surface area (TPSA) is 112 Å². The molecule has 0 unspecified atom stereocenters. The number of aromatic carboxylic acids is 2. The van der Waals surface area contributed by atoms with Gasteiger partial charge in [0, 0.05) is 4.47 Å². The summed E-state index contributed by atoms with van der Waals surface area (Å²) in [6.07, 6.45) is 0.0709. The van der Waals surface area contributed by atoms with Crippen LogP contribution in [0, 0.1) is 0 Å². The fourth-order valence-electron chi connectivity index (χ4n) is 1.37. The Labute approximate surface area is 137 Å². The van der Waals surface area contributed by atoms with Gasteiger partial charge in [0.25, 0.3) is 0 Å². The fourth-order valence-corrected chi connectivity index (χ4v) is 2.48. The van der Waals surface area contributed by atoms with Gasteiger partial charge in [-0.25, -0.2) is 9.59 Å². The van der Waals surface area contributed by atoms with Crippen LogP contribution in [0.25, 0.3) is 0 Å². The first-order chi connectivity index (χ1) is 10.3. The van der Waals surface area contributed by atoms with Crippen molar-refractivity contribution < 1.29 is 29.7 Å². The fraction of sp³-hybridized carbons (Fsp3) is 0.0714. The molecule has 0 radical (unpaired) electrons. The van der Waals surface area contributed by atoms with Crippen LogP contribution < -0.4 is 0 Å². The van der Waals surface area contributed by atoms with Gasteiger partial charge in [-0.2, -0.15) is 0 Å². The third-order valence-corrected chi connectivity index (χ3v) is 4.16. The summed E-state index contributed by atoms with van der Waals surface area (Å²) in [4.78, 5) is 30.9. The van der Waals surface area contributed by atoms with Crippen molar-refractivity contribution in [2.24, 2.45) is 0 Å². The van der Waals surface area contributed by atoms with Crippen LogP contribution in [0.5, 0.6) is 0 Å². The molecule has 2 rings (SSSR count). The van der Waals surface area contributed by atoms with Crippen molar-refractivity contribution in [2.45, 2.75) is 6.42 Å². The Bertz CT molecular complexity index is 666. The Hall–Kier alpha value is -2.19. The second-order valence-corrected chi connectivity index (χ2v) is 5.87. The van der Waals surface area contributed by atoms with Gasteiger partial charge in [0.15, 0.2) is 0 Å². The molecule has 116 valence electrons. The highest BCUT2D eigenvalue weighted by Gasteiger charge is 2.10. The van der Waals surface area contributed by atoms with E-state index in [-0.39, 0.29) is 16.2 Å². The zero-order valence-electron chi connectivity index (χ0n) is 11.0. The Morgan fingerprint density at radius 3 is 1.77 bits per heavy atom. The number of carbonyl (C=O) groups is 3. The first kappa shape index (κ1) is 17.9. The minimum atomic E-state index is -1.09. The second-order valence-electron chi connectivity index (χ2n) is 3.94. The molecule has 8 heteroatoms. The van der Waals surface area contributed by atoms with Gasteiger partial charge in [0.1, 0.15) is 9.75 Å². The predicted molar refractivity (Wildman–Crippen MR) is 83.7 cm³/mol. The lowest BCUT2D eigenvalue weighted by Crippen LogP contribution is -2.00. The Kier molecular flexibility index (Phi) is 6.74. The van der Waals surface area contributed by atoms with E-state index in [0.29, 0.717) is 0 Å². The lowest BCUT2D eigenvalue weighted by Gasteiger charge is -1.98. The van der Waals surface area contributed by atoms with Crippen LogP contribution >= 0.6 is 27.3 Å². The maximum Gasteiger partial charge on any atom is 0.345 e. The van der Waals surface area contributed by atoms with Crippen LogP contribution in [0.2, 0.25) is 0 Å². The van der Waals surface area contributed by atoms with Crippen molar-refractivity contribution in [3.63, 3.8) is 0 Å². The van der Waals surface area contributed by atoms with Crippen molar-refractivity contribution in [1.82, 2.24) is 0 Å². The maximum absolute atomic E-state index is 10.3. The first-order valence-corrected chi connectivity index (χ1v) is 7.44. The minimum Gasteiger partial charge on any atom is -0.481 e. The molecule has 1 heterocycles. The molecule has 2 aromatic rings. The summed E-state index contributed by atoms with van der Waals surface area (Å²) in [7, 11) is 0. The molecule has 1 aromatic carbocycles. The van der Waals surface area contributed by atoms with E-state index >= 15 is 0 Å². The summed E-state index contributed by atoms with van der Waals surface area (Å²) in [6.45, 7) is 0. The molecule has 0 fully saturated rings. The van der Waals surface area contributed by atoms with E-state index in [4.69, 9.17) is 15.3 Å². The van der Waals surface area contributed by atoms with Crippen LogP contribution in [0.1, 0.15) is 24.9 Å². The number of hydrogen-bond donors (Lipinski definition) is 3. The summed E-state index contributed by atoms with van der Waals surface area (Å²) in [5.74, 6) is -3.00. The van der Waals surface area contributed by atoms with E-state index in [1.807, 2.05) is 18.2 Å². The van der Waals surface area contributed by atoms with E-state index in [0.717, 1.165) is 21.4 Å². The average molecular weight is 387 g/mol. The molecule has 0 amide bonds. The van der Waals surface area contributed by atoms with Gasteiger partial charge < -0.3 is 15.3 Å². The van der Waals surface area contributed by atoms with Gasteiger partial charge in [-0.15, -0.1) is 11.3 Å². The van der Waals surface area contributed by atoms with E-state index in [1.54, 1.807) is 6.07 Å². The van der Waals surface area contributed by atoms with Gasteiger partial charge in [-0.05, 0) is 23.8 Å². The minimum absolute atomic E-state index is 0.0439. The molecule has 6 nitrogen and oxygen atoms in total. The van der Waals surface area contributed by atoms with Crippen LogP contribution in [0.15, 0.2) is 40.9 Å². The molecule has 1 aromatic heterocycles. The van der Waals surface area contributed by atoms with E-state index < -0.39 is 17.9 Å². The highest BCUT2D eigenvalue weighted by Crippen LogP contribution is 2.16. The molecule has 3 N–H and O–H groups in total. The lowest BCUT2D eigenvalue weighted by molar-refractivity contribution is -0.136. The third-order valence-electron chi connectivity index (χ3n) is 2.33. The lowest BCUT2D eigenvalue weighted by atomic mass is 10.2. The molecule has 0 saturated heterocycles. The molecular weight excluding hydrogens is 376 g/mol. The van der Waals surface area contributed by atoms with Crippen LogP contribution in [-0.2, 0) is 11.2 Å². The van der Waals surface area contributed by atoms with Crippen LogP contribution in [-0.4, -0.2) is 33.2 Å². The number of thiophene rings is 1. The van der Waals surface area contributed by atoms with E-state index in [1.165, 1.54) is 12.1 Å². The number of carboxylic acids is 3. The summed E-state index contributed by atoms with van der Waals surface area (Å²) in [6, 6.07) is 9.85. The number of benzene rings is 1. The molecule has 0 spiro atoms. The zero-order chi connectivity index (χ0) is 16.7. The van der Waals surface area contributed by atoms with Crippen LogP contribution in [0.4, 0.5) is 0 Å². The van der Waals surface area contributed by atoms with Gasteiger partial charge in [0.2, 0.25) is 0 Å². The average Bonchev–Trinajstić information content (AvgIpc) is 2.92. The van der Waals surface area contributed by atoms with Gasteiger partial charge >= 0.3 is 17.9 Å². The molecule has 0 aliphatic rings. The summed E-state index contributed by atoms with van der Waals surface area (Å²) < 4.78 is 0.849. The first-order valence-electron chi connectivity index (χ1n) is 5.83. The van der Waals surface area contributed by atoms with E-state index in [9.17, 15) is 14.4 Å². The molecule has 0 aliphatic carbocycles. The predicted octanol–water partition coefficient (Wildman–Crippen LogP) is 3.22.